The van der Waals surface area contributed by atoms with Crippen LogP contribution < -0.4 is 0 Å². The largest absolute Gasteiger partial charge is 0.339 e. The fourth-order valence-electron chi connectivity index (χ4n) is 2.97. The lowest BCUT2D eigenvalue weighted by Crippen LogP contribution is -2.34. The highest BCUT2D eigenvalue weighted by Crippen LogP contribution is 2.21. The van der Waals surface area contributed by atoms with Crippen LogP contribution in [0.25, 0.3) is 11.4 Å². The third-order valence-corrected chi connectivity index (χ3v) is 6.71. The Bertz CT molecular complexity index is 1130. The Morgan fingerprint density at radius 3 is 2.35 bits per heavy atom. The summed E-state index contributed by atoms with van der Waals surface area (Å²) in [6.45, 7) is 4.52. The second kappa shape index (κ2) is 9.80. The van der Waals surface area contributed by atoms with Crippen LogP contribution in [0.4, 0.5) is 5.69 Å². The van der Waals surface area contributed by atoms with Gasteiger partial charge in [0.1, 0.15) is 0 Å². The molecule has 31 heavy (non-hydrogen) atoms. The highest BCUT2D eigenvalue weighted by Gasteiger charge is 2.24. The molecule has 0 unspecified atom stereocenters. The van der Waals surface area contributed by atoms with E-state index in [1.165, 1.54) is 16.4 Å². The molecule has 1 heterocycles. The van der Waals surface area contributed by atoms with Crippen LogP contribution >= 0.6 is 0 Å². The maximum absolute atomic E-state index is 13.1. The molecule has 0 aliphatic carbocycles. The summed E-state index contributed by atoms with van der Waals surface area (Å²) in [5.74, 6) is 0.598. The number of unbranched alkanes of at least 4 members (excludes halogenated alkanes) is 1. The van der Waals surface area contributed by atoms with Crippen LogP contribution in [0, 0.1) is 17.0 Å². The van der Waals surface area contributed by atoms with E-state index < -0.39 is 14.9 Å². The Kier molecular flexibility index (Phi) is 7.13. The van der Waals surface area contributed by atoms with Crippen molar-refractivity contribution in [2.45, 2.75) is 38.0 Å². The monoisotopic (exact) mass is 444 g/mol. The first-order valence-corrected chi connectivity index (χ1v) is 11.4. The Morgan fingerprint density at radius 2 is 1.74 bits per heavy atom. The van der Waals surface area contributed by atoms with Crippen molar-refractivity contribution in [2.75, 3.05) is 13.1 Å². The van der Waals surface area contributed by atoms with Gasteiger partial charge in [-0.05, 0) is 37.6 Å². The first-order chi connectivity index (χ1) is 14.8. The second-order valence-corrected chi connectivity index (χ2v) is 9.07. The van der Waals surface area contributed by atoms with Crippen molar-refractivity contribution < 1.29 is 17.9 Å². The number of rotatable bonds is 10. The molecule has 0 radical (unpaired) electrons. The molecule has 0 atom stereocenters. The van der Waals surface area contributed by atoms with E-state index in [-0.39, 0.29) is 23.5 Å². The summed E-state index contributed by atoms with van der Waals surface area (Å²) >= 11 is 0. The van der Waals surface area contributed by atoms with Crippen molar-refractivity contribution in [3.8, 4) is 11.4 Å². The van der Waals surface area contributed by atoms with E-state index >= 15 is 0 Å². The third-order valence-electron chi connectivity index (χ3n) is 4.80. The zero-order valence-corrected chi connectivity index (χ0v) is 18.2. The van der Waals surface area contributed by atoms with Gasteiger partial charge in [0, 0.05) is 37.2 Å². The molecule has 0 aliphatic heterocycles. The summed E-state index contributed by atoms with van der Waals surface area (Å²) < 4.78 is 32.9. The van der Waals surface area contributed by atoms with Crippen LogP contribution in [0.1, 0.15) is 31.2 Å². The Labute approximate surface area is 180 Å². The van der Waals surface area contributed by atoms with Gasteiger partial charge < -0.3 is 4.52 Å². The van der Waals surface area contributed by atoms with E-state index in [1.807, 2.05) is 13.8 Å². The maximum atomic E-state index is 13.1. The zero-order chi connectivity index (χ0) is 22.4. The fourth-order valence-corrected chi connectivity index (χ4v) is 4.45. The number of benzene rings is 2. The summed E-state index contributed by atoms with van der Waals surface area (Å²) in [7, 11) is -3.64. The smallest absolute Gasteiger partial charge is 0.269 e. The standard InChI is InChI=1S/C21H24N4O5S/c1-3-4-14-24(31(28,29)19-11-5-16(2)6-12-19)15-13-20-22-21(23-30-20)17-7-9-18(10-8-17)25(26)27/h5-12H,3-4,13-15H2,1-2H3. The summed E-state index contributed by atoms with van der Waals surface area (Å²) in [5, 5.41) is 14.7. The predicted molar refractivity (Wildman–Crippen MR) is 115 cm³/mol. The molecular formula is C21H24N4O5S. The molecule has 10 heteroatoms. The van der Waals surface area contributed by atoms with Gasteiger partial charge in [-0.25, -0.2) is 8.42 Å². The molecular weight excluding hydrogens is 420 g/mol. The molecule has 0 saturated carbocycles. The van der Waals surface area contributed by atoms with Gasteiger partial charge in [0.25, 0.3) is 5.69 Å². The van der Waals surface area contributed by atoms with Gasteiger partial charge in [-0.2, -0.15) is 9.29 Å². The topological polar surface area (TPSA) is 119 Å². The molecule has 164 valence electrons. The van der Waals surface area contributed by atoms with Crippen LogP contribution in [0.3, 0.4) is 0 Å². The van der Waals surface area contributed by atoms with Crippen molar-refractivity contribution in [1.82, 2.24) is 14.4 Å². The van der Waals surface area contributed by atoms with Crippen LogP contribution in [0.5, 0.6) is 0 Å². The fraction of sp³-hybridized carbons (Fsp3) is 0.333. The van der Waals surface area contributed by atoms with Crippen LogP contribution in [-0.2, 0) is 16.4 Å². The van der Waals surface area contributed by atoms with Crippen molar-refractivity contribution in [2.24, 2.45) is 0 Å². The number of nitrogens with zero attached hydrogens (tertiary/aromatic N) is 4. The van der Waals surface area contributed by atoms with Crippen molar-refractivity contribution in [3.05, 3.63) is 70.1 Å². The van der Waals surface area contributed by atoms with Gasteiger partial charge in [0.05, 0.1) is 9.82 Å². The third kappa shape index (κ3) is 5.53. The lowest BCUT2D eigenvalue weighted by molar-refractivity contribution is -0.384. The summed E-state index contributed by atoms with van der Waals surface area (Å²) in [5.41, 5.74) is 1.54. The van der Waals surface area contributed by atoms with Crippen molar-refractivity contribution >= 4 is 15.7 Å². The molecule has 0 fully saturated rings. The quantitative estimate of drug-likeness (QED) is 0.342. The Balaban J connectivity index is 1.73. The molecule has 3 aromatic rings. The minimum Gasteiger partial charge on any atom is -0.339 e. The molecule has 0 aliphatic rings. The van der Waals surface area contributed by atoms with Crippen LogP contribution in [-0.4, -0.2) is 40.9 Å². The maximum Gasteiger partial charge on any atom is 0.269 e. The SMILES string of the molecule is CCCCN(CCc1nc(-c2ccc([N+](=O)[O-])cc2)no1)S(=O)(=O)c1ccc(C)cc1. The molecule has 0 bridgehead atoms. The number of nitro benzene ring substituents is 1. The number of non-ortho nitro benzene ring substituents is 1. The van der Waals surface area contributed by atoms with E-state index in [2.05, 4.69) is 10.1 Å². The first-order valence-electron chi connectivity index (χ1n) is 9.95. The second-order valence-electron chi connectivity index (χ2n) is 7.14. The van der Waals surface area contributed by atoms with Gasteiger partial charge >= 0.3 is 0 Å². The average molecular weight is 445 g/mol. The Hall–Kier alpha value is -3.11. The number of hydrogen-bond donors (Lipinski definition) is 0. The number of hydrogen-bond acceptors (Lipinski definition) is 7. The van der Waals surface area contributed by atoms with E-state index in [9.17, 15) is 18.5 Å². The van der Waals surface area contributed by atoms with Gasteiger partial charge in [0.15, 0.2) is 0 Å². The molecule has 0 N–H and O–H groups in total. The highest BCUT2D eigenvalue weighted by molar-refractivity contribution is 7.89. The number of aromatic nitrogens is 2. The van der Waals surface area contributed by atoms with Crippen molar-refractivity contribution in [3.63, 3.8) is 0 Å². The minimum absolute atomic E-state index is 0.0275. The zero-order valence-electron chi connectivity index (χ0n) is 17.4. The van der Waals surface area contributed by atoms with E-state index in [0.717, 1.165) is 18.4 Å². The van der Waals surface area contributed by atoms with Gasteiger partial charge in [0.2, 0.25) is 21.7 Å². The number of nitro groups is 1. The summed E-state index contributed by atoms with van der Waals surface area (Å²) in [4.78, 5) is 14.9. The van der Waals surface area contributed by atoms with Gasteiger partial charge in [-0.1, -0.05) is 36.2 Å². The number of sulfonamides is 1. The molecule has 0 amide bonds. The van der Waals surface area contributed by atoms with E-state index in [0.29, 0.717) is 23.8 Å². The highest BCUT2D eigenvalue weighted by atomic mass is 32.2. The van der Waals surface area contributed by atoms with Crippen LogP contribution in [0.2, 0.25) is 0 Å². The molecule has 2 aromatic carbocycles. The average Bonchev–Trinajstić information content (AvgIpc) is 3.23. The van der Waals surface area contributed by atoms with E-state index in [4.69, 9.17) is 4.52 Å². The van der Waals surface area contributed by atoms with E-state index in [1.54, 1.807) is 36.4 Å². The Morgan fingerprint density at radius 1 is 1.06 bits per heavy atom. The predicted octanol–water partition coefficient (Wildman–Crippen LogP) is 3.99. The normalized spacial score (nSPS) is 11.7. The molecule has 1 aromatic heterocycles. The lowest BCUT2D eigenvalue weighted by atomic mass is 10.2. The van der Waals surface area contributed by atoms with Gasteiger partial charge in [-0.3, -0.25) is 10.1 Å². The minimum atomic E-state index is -3.64. The first kappa shape index (κ1) is 22.6. The number of aryl methyl sites for hydroxylation is 1. The summed E-state index contributed by atoms with van der Waals surface area (Å²) in [6, 6.07) is 12.6. The summed E-state index contributed by atoms with van der Waals surface area (Å²) in [6.07, 6.45) is 1.86. The molecule has 0 saturated heterocycles. The molecule has 0 spiro atoms. The molecule has 3 rings (SSSR count). The van der Waals surface area contributed by atoms with Crippen molar-refractivity contribution in [1.29, 1.82) is 0 Å². The lowest BCUT2D eigenvalue weighted by Gasteiger charge is -2.21. The van der Waals surface area contributed by atoms with Crippen LogP contribution in [0.15, 0.2) is 57.9 Å². The van der Waals surface area contributed by atoms with Gasteiger partial charge in [-0.15, -0.1) is 0 Å². The molecule has 9 nitrogen and oxygen atoms in total.